The molecule has 0 spiro atoms. The van der Waals surface area contributed by atoms with Gasteiger partial charge < -0.3 is 15.8 Å². The van der Waals surface area contributed by atoms with E-state index < -0.39 is 6.04 Å². The molecule has 1 amide bonds. The van der Waals surface area contributed by atoms with Crippen LogP contribution in [0.25, 0.3) is 0 Å². The van der Waals surface area contributed by atoms with E-state index in [1.54, 1.807) is 16.7 Å². The van der Waals surface area contributed by atoms with Gasteiger partial charge in [0, 0.05) is 5.69 Å². The molecule has 0 fully saturated rings. The number of benzene rings is 2. The summed E-state index contributed by atoms with van der Waals surface area (Å²) in [5.41, 5.74) is 6.63. The number of rotatable bonds is 8. The first-order valence-electron chi connectivity index (χ1n) is 9.09. The number of nitrogen functional groups attached to an aromatic ring is 1. The molecule has 1 heterocycles. The first-order chi connectivity index (χ1) is 13.6. The van der Waals surface area contributed by atoms with Crippen LogP contribution < -0.4 is 15.8 Å². The summed E-state index contributed by atoms with van der Waals surface area (Å²) in [6.07, 6.45) is 0.570. The van der Waals surface area contributed by atoms with Crippen LogP contribution in [0.1, 0.15) is 26.3 Å². The van der Waals surface area contributed by atoms with Crippen LogP contribution in [0.4, 0.5) is 11.6 Å². The molecule has 3 rings (SSSR count). The lowest BCUT2D eigenvalue weighted by molar-refractivity contribution is -0.119. The molecule has 28 heavy (non-hydrogen) atoms. The number of nitrogens with two attached hydrogens (primary N) is 1. The maximum absolute atomic E-state index is 12.8. The highest BCUT2D eigenvalue weighted by molar-refractivity contribution is 7.99. The number of aromatic nitrogens is 3. The van der Waals surface area contributed by atoms with E-state index in [9.17, 15) is 4.79 Å². The molecule has 1 unspecified atom stereocenters. The third-order valence-electron chi connectivity index (χ3n) is 4.07. The van der Waals surface area contributed by atoms with Gasteiger partial charge in [0.15, 0.2) is 5.16 Å². The molecule has 0 radical (unpaired) electrons. The van der Waals surface area contributed by atoms with Crippen molar-refractivity contribution < 1.29 is 9.53 Å². The maximum atomic E-state index is 12.8. The second-order valence-electron chi connectivity index (χ2n) is 6.00. The molecular weight excluding hydrogens is 374 g/mol. The smallest absolute Gasteiger partial charge is 0.247 e. The van der Waals surface area contributed by atoms with Crippen LogP contribution in [0.15, 0.2) is 59.8 Å². The zero-order valence-electron chi connectivity index (χ0n) is 15.8. The molecule has 1 atom stereocenters. The van der Waals surface area contributed by atoms with Gasteiger partial charge in [0.1, 0.15) is 17.5 Å². The van der Waals surface area contributed by atoms with Gasteiger partial charge in [-0.1, -0.05) is 43.8 Å². The van der Waals surface area contributed by atoms with Gasteiger partial charge in [0.05, 0.1) is 0 Å². The van der Waals surface area contributed by atoms with Crippen molar-refractivity contribution in [2.75, 3.05) is 16.8 Å². The third-order valence-corrected chi connectivity index (χ3v) is 4.89. The Hall–Kier alpha value is -3.00. The maximum Gasteiger partial charge on any atom is 0.247 e. The number of hydrogen-bond donors (Lipinski definition) is 2. The Morgan fingerprint density at radius 3 is 2.43 bits per heavy atom. The van der Waals surface area contributed by atoms with Gasteiger partial charge in [0.2, 0.25) is 11.9 Å². The number of ether oxygens (including phenoxy) is 1. The molecule has 1 aromatic heterocycles. The van der Waals surface area contributed by atoms with E-state index in [2.05, 4.69) is 15.5 Å². The average molecular weight is 398 g/mol. The number of amides is 1. The summed E-state index contributed by atoms with van der Waals surface area (Å²) in [6, 6.07) is 16.3. The van der Waals surface area contributed by atoms with Gasteiger partial charge in [-0.2, -0.15) is 0 Å². The molecule has 0 aliphatic rings. The normalized spacial score (nSPS) is 11.8. The lowest BCUT2D eigenvalue weighted by atomic mass is 10.2. The van der Waals surface area contributed by atoms with Crippen molar-refractivity contribution in [2.45, 2.75) is 31.5 Å². The van der Waals surface area contributed by atoms with Crippen molar-refractivity contribution in [3.8, 4) is 11.5 Å². The number of hydrogen-bond acceptors (Lipinski definition) is 6. The van der Waals surface area contributed by atoms with Crippen LogP contribution in [0.2, 0.25) is 0 Å². The fourth-order valence-electron chi connectivity index (χ4n) is 2.75. The molecule has 0 aliphatic carbocycles. The first kappa shape index (κ1) is 19.8. The van der Waals surface area contributed by atoms with Gasteiger partial charge in [-0.05, 0) is 48.6 Å². The molecule has 0 saturated carbocycles. The van der Waals surface area contributed by atoms with Crippen LogP contribution in [-0.2, 0) is 4.79 Å². The van der Waals surface area contributed by atoms with Gasteiger partial charge in [-0.15, -0.1) is 10.2 Å². The van der Waals surface area contributed by atoms with Crippen LogP contribution in [0.3, 0.4) is 0 Å². The lowest BCUT2D eigenvalue weighted by Crippen LogP contribution is -2.27. The van der Waals surface area contributed by atoms with Gasteiger partial charge >= 0.3 is 0 Å². The molecule has 0 saturated heterocycles. The van der Waals surface area contributed by atoms with Crippen molar-refractivity contribution in [1.29, 1.82) is 0 Å². The topological polar surface area (TPSA) is 95.1 Å². The van der Waals surface area contributed by atoms with Crippen molar-refractivity contribution in [3.05, 3.63) is 54.6 Å². The Balaban J connectivity index is 1.70. The zero-order chi connectivity index (χ0) is 19.9. The summed E-state index contributed by atoms with van der Waals surface area (Å²) in [5.74, 6) is 2.35. The molecule has 0 bridgehead atoms. The van der Waals surface area contributed by atoms with E-state index in [1.807, 2.05) is 56.3 Å². The minimum Gasteiger partial charge on any atom is -0.457 e. The van der Waals surface area contributed by atoms with Crippen LogP contribution in [0.5, 0.6) is 11.5 Å². The molecule has 3 aromatic rings. The summed E-state index contributed by atoms with van der Waals surface area (Å²) in [7, 11) is 0. The Morgan fingerprint density at radius 2 is 1.79 bits per heavy atom. The molecule has 0 aliphatic heterocycles. The quantitative estimate of drug-likeness (QED) is 0.549. The summed E-state index contributed by atoms with van der Waals surface area (Å²) in [4.78, 5) is 12.8. The number of carbonyl (C=O) groups excluding carboxylic acids is 1. The van der Waals surface area contributed by atoms with Gasteiger partial charge in [-0.3, -0.25) is 9.36 Å². The highest BCUT2D eigenvalue weighted by atomic mass is 32.2. The molecule has 7 nitrogen and oxygen atoms in total. The third kappa shape index (κ3) is 4.64. The van der Waals surface area contributed by atoms with Crippen LogP contribution in [-0.4, -0.2) is 26.4 Å². The van der Waals surface area contributed by atoms with E-state index in [4.69, 9.17) is 10.5 Å². The summed E-state index contributed by atoms with van der Waals surface area (Å²) in [5, 5.41) is 11.6. The summed E-state index contributed by atoms with van der Waals surface area (Å²) >= 11 is 1.51. The highest BCUT2D eigenvalue weighted by Gasteiger charge is 2.24. The van der Waals surface area contributed by atoms with Crippen molar-refractivity contribution >= 4 is 29.3 Å². The molecule has 3 N–H and O–H groups in total. The monoisotopic (exact) mass is 397 g/mol. The fourth-order valence-corrected chi connectivity index (χ4v) is 3.47. The molecule has 8 heteroatoms. The molecule has 146 valence electrons. The number of anilines is 2. The standard InChI is InChI=1S/C20H23N5O2S/c1-3-17(25-19(21)23-24-20(25)28-4-2)18(26)22-14-10-12-16(13-11-14)27-15-8-6-5-7-9-15/h5-13,17H,3-4H2,1-2H3,(H2,21,23)(H,22,26). The first-order valence-corrected chi connectivity index (χ1v) is 10.1. The van der Waals surface area contributed by atoms with E-state index in [0.717, 1.165) is 11.5 Å². The second kappa shape index (κ2) is 9.27. The number of para-hydroxylation sites is 1. The van der Waals surface area contributed by atoms with Crippen molar-refractivity contribution in [2.24, 2.45) is 0 Å². The summed E-state index contributed by atoms with van der Waals surface area (Å²) < 4.78 is 7.46. The number of nitrogens with zero attached hydrogens (tertiary/aromatic N) is 3. The van der Waals surface area contributed by atoms with E-state index >= 15 is 0 Å². The lowest BCUT2D eigenvalue weighted by Gasteiger charge is -2.19. The second-order valence-corrected chi connectivity index (χ2v) is 7.23. The van der Waals surface area contributed by atoms with Gasteiger partial charge in [0.25, 0.3) is 0 Å². The minimum absolute atomic E-state index is 0.163. The van der Waals surface area contributed by atoms with Crippen LogP contribution in [0, 0.1) is 0 Å². The van der Waals surface area contributed by atoms with Crippen molar-refractivity contribution in [3.63, 3.8) is 0 Å². The fraction of sp³-hybridized carbons (Fsp3) is 0.250. The van der Waals surface area contributed by atoms with Crippen molar-refractivity contribution in [1.82, 2.24) is 14.8 Å². The Bertz CT molecular complexity index is 912. The Labute approximate surface area is 168 Å². The SMILES string of the molecule is CCSc1nnc(N)n1C(CC)C(=O)Nc1ccc(Oc2ccccc2)cc1. The average Bonchev–Trinajstić information content (AvgIpc) is 3.06. The number of carbonyl (C=O) groups is 1. The molecule has 2 aromatic carbocycles. The Morgan fingerprint density at radius 1 is 1.11 bits per heavy atom. The highest BCUT2D eigenvalue weighted by Crippen LogP contribution is 2.27. The van der Waals surface area contributed by atoms with E-state index in [-0.39, 0.29) is 11.9 Å². The minimum atomic E-state index is -0.482. The van der Waals surface area contributed by atoms with Gasteiger partial charge in [-0.25, -0.2) is 0 Å². The van der Waals surface area contributed by atoms with E-state index in [0.29, 0.717) is 23.0 Å². The van der Waals surface area contributed by atoms with Crippen LogP contribution >= 0.6 is 11.8 Å². The number of thioether (sulfide) groups is 1. The predicted molar refractivity (Wildman–Crippen MR) is 112 cm³/mol. The Kier molecular flexibility index (Phi) is 6.54. The summed E-state index contributed by atoms with van der Waals surface area (Å²) in [6.45, 7) is 3.95. The van der Waals surface area contributed by atoms with E-state index in [1.165, 1.54) is 11.8 Å². The predicted octanol–water partition coefficient (Wildman–Crippen LogP) is 4.35. The molecular formula is C20H23N5O2S. The number of nitrogens with one attached hydrogen (secondary N) is 1. The zero-order valence-corrected chi connectivity index (χ0v) is 16.6. The largest absolute Gasteiger partial charge is 0.457 e.